The average Bonchev–Trinajstić information content (AvgIpc) is 3.02. The molecule has 0 bridgehead atoms. The van der Waals surface area contributed by atoms with Gasteiger partial charge in [0.2, 0.25) is 5.91 Å². The van der Waals surface area contributed by atoms with Crippen molar-refractivity contribution in [2.75, 3.05) is 26.2 Å². The summed E-state index contributed by atoms with van der Waals surface area (Å²) in [6.45, 7) is 10.0. The van der Waals surface area contributed by atoms with Crippen LogP contribution in [0.4, 0.5) is 0 Å². The van der Waals surface area contributed by atoms with E-state index in [2.05, 4.69) is 35.8 Å². The largest absolute Gasteiger partial charge is 0.340 e. The van der Waals surface area contributed by atoms with E-state index in [0.717, 1.165) is 31.7 Å². The SMILES string of the molecule is CC(C)(C)CC(=O)N1CCN(Cc2noc(-c3cccc(Cl)c3)n2)CC1. The van der Waals surface area contributed by atoms with Crippen LogP contribution in [-0.2, 0) is 11.3 Å². The van der Waals surface area contributed by atoms with E-state index in [4.69, 9.17) is 16.1 Å². The molecule has 0 unspecified atom stereocenters. The Morgan fingerprint density at radius 3 is 2.62 bits per heavy atom. The molecule has 1 fully saturated rings. The first kappa shape index (κ1) is 18.9. The lowest BCUT2D eigenvalue weighted by Crippen LogP contribution is -2.49. The van der Waals surface area contributed by atoms with Crippen molar-refractivity contribution >= 4 is 17.5 Å². The Bertz CT molecular complexity index is 761. The Morgan fingerprint density at radius 1 is 1.23 bits per heavy atom. The molecule has 0 spiro atoms. The molecule has 7 heteroatoms. The smallest absolute Gasteiger partial charge is 0.258 e. The van der Waals surface area contributed by atoms with Crippen LogP contribution < -0.4 is 0 Å². The van der Waals surface area contributed by atoms with E-state index in [-0.39, 0.29) is 11.3 Å². The van der Waals surface area contributed by atoms with Crippen molar-refractivity contribution in [2.24, 2.45) is 5.41 Å². The number of amides is 1. The minimum atomic E-state index is 0.0234. The number of carbonyl (C=O) groups is 1. The molecule has 1 saturated heterocycles. The van der Waals surface area contributed by atoms with Crippen LogP contribution in [0.15, 0.2) is 28.8 Å². The van der Waals surface area contributed by atoms with Gasteiger partial charge in [0, 0.05) is 43.2 Å². The molecule has 0 saturated carbocycles. The highest BCUT2D eigenvalue weighted by molar-refractivity contribution is 6.30. The van der Waals surface area contributed by atoms with Gasteiger partial charge in [-0.1, -0.05) is 43.6 Å². The molecule has 0 N–H and O–H groups in total. The first-order chi connectivity index (χ1) is 12.3. The number of halogens is 1. The van der Waals surface area contributed by atoms with Gasteiger partial charge < -0.3 is 9.42 Å². The van der Waals surface area contributed by atoms with Gasteiger partial charge in [0.05, 0.1) is 6.54 Å². The standard InChI is InChI=1S/C19H25ClN4O2/c1-19(2,3)12-17(25)24-9-7-23(8-10-24)13-16-21-18(26-22-16)14-5-4-6-15(20)11-14/h4-6,11H,7-10,12-13H2,1-3H3. The maximum Gasteiger partial charge on any atom is 0.258 e. The number of aromatic nitrogens is 2. The van der Waals surface area contributed by atoms with Gasteiger partial charge in [-0.25, -0.2) is 0 Å². The summed E-state index contributed by atoms with van der Waals surface area (Å²) in [5, 5.41) is 4.70. The second-order valence-electron chi connectivity index (χ2n) is 7.92. The number of rotatable bonds is 4. The van der Waals surface area contributed by atoms with Crippen molar-refractivity contribution in [3.8, 4) is 11.5 Å². The van der Waals surface area contributed by atoms with Crippen LogP contribution >= 0.6 is 11.6 Å². The van der Waals surface area contributed by atoms with E-state index in [1.54, 1.807) is 6.07 Å². The zero-order valence-corrected chi connectivity index (χ0v) is 16.3. The van der Waals surface area contributed by atoms with E-state index in [1.807, 2.05) is 23.1 Å². The Balaban J connectivity index is 1.53. The average molecular weight is 377 g/mol. The molecule has 1 aromatic carbocycles. The van der Waals surface area contributed by atoms with E-state index >= 15 is 0 Å². The summed E-state index contributed by atoms with van der Waals surface area (Å²) in [6, 6.07) is 7.36. The molecule has 3 rings (SSSR count). The lowest BCUT2D eigenvalue weighted by atomic mass is 9.91. The zero-order valence-electron chi connectivity index (χ0n) is 15.5. The highest BCUT2D eigenvalue weighted by atomic mass is 35.5. The molecule has 1 aromatic heterocycles. The van der Waals surface area contributed by atoms with E-state index in [9.17, 15) is 4.79 Å². The monoisotopic (exact) mass is 376 g/mol. The summed E-state index contributed by atoms with van der Waals surface area (Å²) in [6.07, 6.45) is 0.584. The van der Waals surface area contributed by atoms with Crippen molar-refractivity contribution in [3.05, 3.63) is 35.1 Å². The van der Waals surface area contributed by atoms with Gasteiger partial charge in [-0.15, -0.1) is 0 Å². The van der Waals surface area contributed by atoms with Crippen LogP contribution in [0, 0.1) is 5.41 Å². The number of carbonyl (C=O) groups excluding carboxylic acids is 1. The van der Waals surface area contributed by atoms with E-state index in [1.165, 1.54) is 0 Å². The Morgan fingerprint density at radius 2 is 1.96 bits per heavy atom. The summed E-state index contributed by atoms with van der Waals surface area (Å²) in [5.41, 5.74) is 0.837. The fourth-order valence-corrected chi connectivity index (χ4v) is 3.17. The topological polar surface area (TPSA) is 62.5 Å². The molecule has 2 aromatic rings. The number of hydrogen-bond acceptors (Lipinski definition) is 5. The minimum absolute atomic E-state index is 0.0234. The van der Waals surface area contributed by atoms with Crippen molar-refractivity contribution in [1.82, 2.24) is 19.9 Å². The quantitative estimate of drug-likeness (QED) is 0.817. The Hall–Kier alpha value is -1.92. The predicted octanol–water partition coefficient (Wildman–Crippen LogP) is 3.47. The highest BCUT2D eigenvalue weighted by Gasteiger charge is 2.25. The van der Waals surface area contributed by atoms with Crippen LogP contribution in [0.3, 0.4) is 0 Å². The van der Waals surface area contributed by atoms with Crippen molar-refractivity contribution in [1.29, 1.82) is 0 Å². The van der Waals surface area contributed by atoms with Gasteiger partial charge >= 0.3 is 0 Å². The summed E-state index contributed by atoms with van der Waals surface area (Å²) >= 11 is 6.01. The third-order valence-electron chi connectivity index (χ3n) is 4.31. The van der Waals surface area contributed by atoms with Crippen molar-refractivity contribution in [3.63, 3.8) is 0 Å². The number of nitrogens with zero attached hydrogens (tertiary/aromatic N) is 4. The third-order valence-corrected chi connectivity index (χ3v) is 4.55. The van der Waals surface area contributed by atoms with Gasteiger partial charge in [0.1, 0.15) is 0 Å². The van der Waals surface area contributed by atoms with E-state index in [0.29, 0.717) is 29.7 Å². The second-order valence-corrected chi connectivity index (χ2v) is 8.36. The van der Waals surface area contributed by atoms with Crippen molar-refractivity contribution in [2.45, 2.75) is 33.7 Å². The van der Waals surface area contributed by atoms with Gasteiger partial charge in [-0.3, -0.25) is 9.69 Å². The lowest BCUT2D eigenvalue weighted by molar-refractivity contribution is -0.134. The molecule has 26 heavy (non-hydrogen) atoms. The molecule has 1 amide bonds. The summed E-state index contributed by atoms with van der Waals surface area (Å²) in [7, 11) is 0. The van der Waals surface area contributed by atoms with Gasteiger partial charge in [-0.2, -0.15) is 4.98 Å². The first-order valence-electron chi connectivity index (χ1n) is 8.89. The Kier molecular flexibility index (Phi) is 5.63. The number of piperazine rings is 1. The molecule has 1 aliphatic rings. The highest BCUT2D eigenvalue weighted by Crippen LogP contribution is 2.22. The molecule has 6 nitrogen and oxygen atoms in total. The summed E-state index contributed by atoms with van der Waals surface area (Å²) < 4.78 is 5.35. The fraction of sp³-hybridized carbons (Fsp3) is 0.526. The summed E-state index contributed by atoms with van der Waals surface area (Å²) in [5.74, 6) is 1.36. The summed E-state index contributed by atoms with van der Waals surface area (Å²) in [4.78, 5) is 21.0. The van der Waals surface area contributed by atoms with Gasteiger partial charge in [0.15, 0.2) is 5.82 Å². The predicted molar refractivity (Wildman–Crippen MR) is 101 cm³/mol. The molecule has 0 radical (unpaired) electrons. The third kappa shape index (κ3) is 5.05. The molecule has 0 aliphatic carbocycles. The molecule has 0 atom stereocenters. The normalized spacial score (nSPS) is 16.1. The number of hydrogen-bond donors (Lipinski definition) is 0. The zero-order chi connectivity index (χ0) is 18.7. The van der Waals surface area contributed by atoms with Crippen LogP contribution in [0.1, 0.15) is 33.0 Å². The van der Waals surface area contributed by atoms with Gasteiger partial charge in [-0.05, 0) is 23.6 Å². The Labute approximate surface area is 159 Å². The molecule has 1 aliphatic heterocycles. The second kappa shape index (κ2) is 7.76. The van der Waals surface area contributed by atoms with Crippen LogP contribution in [-0.4, -0.2) is 52.0 Å². The maximum absolute atomic E-state index is 12.3. The first-order valence-corrected chi connectivity index (χ1v) is 9.27. The van der Waals surface area contributed by atoms with Crippen LogP contribution in [0.25, 0.3) is 11.5 Å². The molecular formula is C19H25ClN4O2. The fourth-order valence-electron chi connectivity index (χ4n) is 2.98. The minimum Gasteiger partial charge on any atom is -0.340 e. The van der Waals surface area contributed by atoms with Crippen molar-refractivity contribution < 1.29 is 9.32 Å². The van der Waals surface area contributed by atoms with Crippen LogP contribution in [0.5, 0.6) is 0 Å². The van der Waals surface area contributed by atoms with E-state index < -0.39 is 0 Å². The maximum atomic E-state index is 12.3. The van der Waals surface area contributed by atoms with Crippen LogP contribution in [0.2, 0.25) is 5.02 Å². The van der Waals surface area contributed by atoms with Gasteiger partial charge in [0.25, 0.3) is 5.89 Å². The molecule has 2 heterocycles. The molecular weight excluding hydrogens is 352 g/mol. The lowest BCUT2D eigenvalue weighted by Gasteiger charge is -2.35. The molecule has 140 valence electrons. The number of benzene rings is 1.